The van der Waals surface area contributed by atoms with Gasteiger partial charge in [-0.15, -0.1) is 0 Å². The first-order valence-electron chi connectivity index (χ1n) is 13.5. The summed E-state index contributed by atoms with van der Waals surface area (Å²) in [5.74, 6) is 1.43. The minimum absolute atomic E-state index is 0.179. The van der Waals surface area contributed by atoms with Crippen molar-refractivity contribution in [2.75, 3.05) is 0 Å². The summed E-state index contributed by atoms with van der Waals surface area (Å²) in [7, 11) is 0. The molecule has 0 spiro atoms. The highest BCUT2D eigenvalue weighted by Crippen LogP contribution is 2.49. The van der Waals surface area contributed by atoms with Gasteiger partial charge >= 0.3 is 0 Å². The van der Waals surface area contributed by atoms with Crippen molar-refractivity contribution >= 4 is 0 Å². The SMILES string of the molecule is CCCC(CC)c1cc(O)c(-c2c(O)cc(C(CC)CCC)cc2C(C)(C)C)c(C(C)(C)C)c1. The maximum atomic E-state index is 11.5. The molecule has 0 saturated carbocycles. The molecule has 34 heavy (non-hydrogen) atoms. The molecular weight excluding hydrogens is 416 g/mol. The molecule has 0 aliphatic rings. The van der Waals surface area contributed by atoms with Crippen LogP contribution in [0.2, 0.25) is 0 Å². The number of hydrogen-bond donors (Lipinski definition) is 2. The Hall–Kier alpha value is -1.96. The highest BCUT2D eigenvalue weighted by Gasteiger charge is 2.31. The Morgan fingerprint density at radius 2 is 0.912 bits per heavy atom. The summed E-state index contributed by atoms with van der Waals surface area (Å²) in [6.07, 6.45) is 6.58. The van der Waals surface area contributed by atoms with Crippen LogP contribution in [0.4, 0.5) is 0 Å². The quantitative estimate of drug-likeness (QED) is 0.386. The first-order valence-corrected chi connectivity index (χ1v) is 13.5. The number of aromatic hydroxyl groups is 2. The van der Waals surface area contributed by atoms with Crippen molar-refractivity contribution in [1.29, 1.82) is 0 Å². The Morgan fingerprint density at radius 3 is 1.15 bits per heavy atom. The van der Waals surface area contributed by atoms with Crippen molar-refractivity contribution in [3.8, 4) is 22.6 Å². The van der Waals surface area contributed by atoms with Crippen LogP contribution in [0.1, 0.15) is 142 Å². The van der Waals surface area contributed by atoms with Crippen molar-refractivity contribution in [2.24, 2.45) is 0 Å². The Kier molecular flexibility index (Phi) is 9.30. The zero-order valence-corrected chi connectivity index (χ0v) is 23.6. The van der Waals surface area contributed by atoms with Crippen LogP contribution in [0.25, 0.3) is 11.1 Å². The number of benzene rings is 2. The second-order valence-corrected chi connectivity index (χ2v) is 12.2. The van der Waals surface area contributed by atoms with Gasteiger partial charge in [0.2, 0.25) is 0 Å². The van der Waals surface area contributed by atoms with Crippen LogP contribution in [-0.2, 0) is 10.8 Å². The monoisotopic (exact) mass is 466 g/mol. The van der Waals surface area contributed by atoms with Gasteiger partial charge in [-0.05, 0) is 82.7 Å². The first kappa shape index (κ1) is 28.3. The summed E-state index contributed by atoms with van der Waals surface area (Å²) >= 11 is 0. The van der Waals surface area contributed by atoms with Crippen LogP contribution in [0.3, 0.4) is 0 Å². The van der Waals surface area contributed by atoms with Crippen LogP contribution in [-0.4, -0.2) is 10.2 Å². The number of rotatable bonds is 9. The molecule has 2 N–H and O–H groups in total. The molecule has 0 saturated heterocycles. The highest BCUT2D eigenvalue weighted by molar-refractivity contribution is 5.83. The molecule has 0 aliphatic heterocycles. The van der Waals surface area contributed by atoms with E-state index >= 15 is 0 Å². The topological polar surface area (TPSA) is 40.5 Å². The summed E-state index contributed by atoms with van der Waals surface area (Å²) in [5, 5.41) is 23.0. The molecule has 2 aromatic carbocycles. The standard InChI is InChI=1S/C32H50O2/c1-11-15-21(13-3)23-17-25(31(5,6)7)29(27(33)19-23)30-26(32(8,9)10)18-24(20-28(30)34)22(14-4)16-12-2/h17-22,33-34H,11-16H2,1-10H3. The maximum absolute atomic E-state index is 11.5. The Morgan fingerprint density at radius 1 is 0.588 bits per heavy atom. The van der Waals surface area contributed by atoms with Gasteiger partial charge in [-0.2, -0.15) is 0 Å². The van der Waals surface area contributed by atoms with E-state index in [2.05, 4.69) is 81.4 Å². The van der Waals surface area contributed by atoms with E-state index in [0.29, 0.717) is 11.8 Å². The average Bonchev–Trinajstić information content (AvgIpc) is 2.73. The third kappa shape index (κ3) is 6.18. The lowest BCUT2D eigenvalue weighted by molar-refractivity contribution is 0.460. The van der Waals surface area contributed by atoms with Gasteiger partial charge in [0.1, 0.15) is 11.5 Å². The van der Waals surface area contributed by atoms with E-state index in [1.54, 1.807) is 0 Å². The molecule has 2 nitrogen and oxygen atoms in total. The molecule has 0 amide bonds. The van der Waals surface area contributed by atoms with Crippen molar-refractivity contribution in [2.45, 2.75) is 130 Å². The fourth-order valence-corrected chi connectivity index (χ4v) is 5.39. The molecule has 0 radical (unpaired) electrons. The van der Waals surface area contributed by atoms with Gasteiger partial charge in [0.15, 0.2) is 0 Å². The lowest BCUT2D eigenvalue weighted by Gasteiger charge is -2.31. The molecule has 2 heteroatoms. The van der Waals surface area contributed by atoms with E-state index in [-0.39, 0.29) is 22.3 Å². The Bertz CT molecular complexity index is 877. The van der Waals surface area contributed by atoms with Crippen LogP contribution < -0.4 is 0 Å². The molecule has 0 bridgehead atoms. The fraction of sp³-hybridized carbons (Fsp3) is 0.625. The summed E-state index contributed by atoms with van der Waals surface area (Å²) < 4.78 is 0. The highest BCUT2D eigenvalue weighted by atomic mass is 16.3. The van der Waals surface area contributed by atoms with E-state index in [4.69, 9.17) is 0 Å². The van der Waals surface area contributed by atoms with E-state index in [9.17, 15) is 10.2 Å². The van der Waals surface area contributed by atoms with Crippen LogP contribution in [0.15, 0.2) is 24.3 Å². The van der Waals surface area contributed by atoms with Gasteiger partial charge in [0.25, 0.3) is 0 Å². The molecule has 2 atom stereocenters. The normalized spacial score (nSPS) is 14.3. The smallest absolute Gasteiger partial charge is 0.124 e. The first-order chi connectivity index (χ1) is 15.8. The summed E-state index contributed by atoms with van der Waals surface area (Å²) in [4.78, 5) is 0. The largest absolute Gasteiger partial charge is 0.507 e. The third-order valence-electron chi connectivity index (χ3n) is 7.35. The van der Waals surface area contributed by atoms with E-state index < -0.39 is 0 Å². The van der Waals surface area contributed by atoms with Crippen LogP contribution in [0, 0.1) is 0 Å². The van der Waals surface area contributed by atoms with E-state index in [1.807, 2.05) is 12.1 Å². The lowest BCUT2D eigenvalue weighted by atomic mass is 9.73. The minimum Gasteiger partial charge on any atom is -0.507 e. The predicted octanol–water partition coefficient (Wildman–Crippen LogP) is 9.95. The second kappa shape index (κ2) is 11.2. The summed E-state index contributed by atoms with van der Waals surface area (Å²) in [5.41, 5.74) is 5.84. The number of phenolic OH excluding ortho intramolecular Hbond substituents is 2. The molecule has 2 rings (SSSR count). The summed E-state index contributed by atoms with van der Waals surface area (Å²) in [6.45, 7) is 22.1. The fourth-order valence-electron chi connectivity index (χ4n) is 5.39. The van der Waals surface area contributed by atoms with Crippen LogP contribution in [0.5, 0.6) is 11.5 Å². The molecule has 0 aromatic heterocycles. The molecular formula is C32H50O2. The van der Waals surface area contributed by atoms with Gasteiger partial charge in [0.05, 0.1) is 0 Å². The molecule has 0 aliphatic carbocycles. The van der Waals surface area contributed by atoms with Crippen LogP contribution >= 0.6 is 0 Å². The molecule has 2 aromatic rings. The van der Waals surface area contributed by atoms with E-state index in [0.717, 1.165) is 60.8 Å². The maximum Gasteiger partial charge on any atom is 0.124 e. The lowest BCUT2D eigenvalue weighted by Crippen LogP contribution is -2.18. The van der Waals surface area contributed by atoms with Gasteiger partial charge < -0.3 is 10.2 Å². The second-order valence-electron chi connectivity index (χ2n) is 12.2. The third-order valence-corrected chi connectivity index (χ3v) is 7.35. The van der Waals surface area contributed by atoms with Crippen molar-refractivity contribution in [3.05, 3.63) is 46.5 Å². The van der Waals surface area contributed by atoms with Crippen molar-refractivity contribution in [1.82, 2.24) is 0 Å². The Labute approximate surface area is 209 Å². The average molecular weight is 467 g/mol. The van der Waals surface area contributed by atoms with E-state index in [1.165, 1.54) is 11.1 Å². The summed E-state index contributed by atoms with van der Waals surface area (Å²) in [6, 6.07) is 8.51. The Balaban J connectivity index is 2.91. The van der Waals surface area contributed by atoms with Crippen molar-refractivity contribution < 1.29 is 10.2 Å². The minimum atomic E-state index is -0.179. The van der Waals surface area contributed by atoms with Gasteiger partial charge in [0, 0.05) is 11.1 Å². The predicted molar refractivity (Wildman–Crippen MR) is 148 cm³/mol. The molecule has 0 fully saturated rings. The van der Waals surface area contributed by atoms with Gasteiger partial charge in [-0.3, -0.25) is 0 Å². The van der Waals surface area contributed by atoms with Gasteiger partial charge in [-0.1, -0.05) is 94.2 Å². The number of phenols is 2. The van der Waals surface area contributed by atoms with Gasteiger partial charge in [-0.25, -0.2) is 0 Å². The van der Waals surface area contributed by atoms with Crippen molar-refractivity contribution in [3.63, 3.8) is 0 Å². The molecule has 2 unspecified atom stereocenters. The number of hydrogen-bond acceptors (Lipinski definition) is 2. The molecule has 0 heterocycles. The zero-order chi connectivity index (χ0) is 25.8. The zero-order valence-electron chi connectivity index (χ0n) is 23.6. The molecule has 190 valence electrons.